The van der Waals surface area contributed by atoms with Crippen LogP contribution >= 0.6 is 0 Å². The van der Waals surface area contributed by atoms with E-state index in [0.29, 0.717) is 24.5 Å². The van der Waals surface area contributed by atoms with Gasteiger partial charge >= 0.3 is 6.03 Å². The molecule has 2 heterocycles. The molecule has 0 aromatic carbocycles. The molecular weight excluding hydrogens is 278 g/mol. The number of likely N-dealkylation sites (tertiary alicyclic amines) is 1. The van der Waals surface area contributed by atoms with Gasteiger partial charge in [-0.3, -0.25) is 0 Å². The zero-order chi connectivity index (χ0) is 16.2. The van der Waals surface area contributed by atoms with Crippen LogP contribution in [0.25, 0.3) is 0 Å². The number of nitrogens with zero attached hydrogens (tertiary/aromatic N) is 3. The Balaban J connectivity index is 1.88. The molecule has 2 N–H and O–H groups in total. The second-order valence-electron chi connectivity index (χ2n) is 6.60. The fraction of sp³-hybridized carbons (Fsp3) is 0.562. The Morgan fingerprint density at radius 2 is 2.09 bits per heavy atom. The van der Waals surface area contributed by atoms with Crippen molar-refractivity contribution in [3.63, 3.8) is 0 Å². The number of piperidine rings is 1. The van der Waals surface area contributed by atoms with Gasteiger partial charge in [-0.2, -0.15) is 5.26 Å². The van der Waals surface area contributed by atoms with E-state index >= 15 is 0 Å². The maximum absolute atomic E-state index is 12.1. The SMILES string of the molecule is CC(C)(C)NC(=O)N1CCC(Nc2ncccc2C#N)CC1. The lowest BCUT2D eigenvalue weighted by Gasteiger charge is -2.34. The number of anilines is 1. The molecule has 1 aliphatic heterocycles. The summed E-state index contributed by atoms with van der Waals surface area (Å²) in [6.45, 7) is 7.33. The Morgan fingerprint density at radius 3 is 2.68 bits per heavy atom. The number of amides is 2. The number of pyridine rings is 1. The molecule has 2 rings (SSSR count). The van der Waals surface area contributed by atoms with Gasteiger partial charge in [0, 0.05) is 30.9 Å². The van der Waals surface area contributed by atoms with Gasteiger partial charge in [0.25, 0.3) is 0 Å². The van der Waals surface area contributed by atoms with Gasteiger partial charge in [0.1, 0.15) is 11.9 Å². The summed E-state index contributed by atoms with van der Waals surface area (Å²) in [4.78, 5) is 18.2. The van der Waals surface area contributed by atoms with E-state index in [1.165, 1.54) is 0 Å². The smallest absolute Gasteiger partial charge is 0.317 e. The van der Waals surface area contributed by atoms with E-state index in [0.717, 1.165) is 12.8 Å². The van der Waals surface area contributed by atoms with E-state index in [-0.39, 0.29) is 17.6 Å². The highest BCUT2D eigenvalue weighted by Gasteiger charge is 2.25. The van der Waals surface area contributed by atoms with E-state index in [2.05, 4.69) is 21.7 Å². The van der Waals surface area contributed by atoms with E-state index < -0.39 is 0 Å². The molecule has 2 amide bonds. The third kappa shape index (κ3) is 4.35. The Labute approximate surface area is 131 Å². The Bertz CT molecular complexity index is 565. The quantitative estimate of drug-likeness (QED) is 0.878. The zero-order valence-electron chi connectivity index (χ0n) is 13.4. The molecule has 1 aromatic heterocycles. The van der Waals surface area contributed by atoms with Gasteiger partial charge in [-0.05, 0) is 45.7 Å². The monoisotopic (exact) mass is 301 g/mol. The summed E-state index contributed by atoms with van der Waals surface area (Å²) in [5.41, 5.74) is 0.331. The Hall–Kier alpha value is -2.29. The maximum atomic E-state index is 12.1. The van der Waals surface area contributed by atoms with Crippen LogP contribution in [0.5, 0.6) is 0 Å². The lowest BCUT2D eigenvalue weighted by atomic mass is 10.0. The molecule has 22 heavy (non-hydrogen) atoms. The molecule has 0 radical (unpaired) electrons. The molecule has 0 bridgehead atoms. The second kappa shape index (κ2) is 6.65. The first-order chi connectivity index (χ1) is 10.4. The van der Waals surface area contributed by atoms with Gasteiger partial charge in [0.15, 0.2) is 0 Å². The lowest BCUT2D eigenvalue weighted by molar-refractivity contribution is 0.175. The van der Waals surface area contributed by atoms with Crippen LogP contribution in [0, 0.1) is 11.3 Å². The minimum atomic E-state index is -0.220. The molecule has 0 saturated carbocycles. The maximum Gasteiger partial charge on any atom is 0.317 e. The zero-order valence-corrected chi connectivity index (χ0v) is 13.4. The summed E-state index contributed by atoms with van der Waals surface area (Å²) in [7, 11) is 0. The molecule has 0 atom stereocenters. The standard InChI is InChI=1S/C16H23N5O/c1-16(2,3)20-15(22)21-9-6-13(7-10-21)19-14-12(11-17)5-4-8-18-14/h4-5,8,13H,6-7,9-10H2,1-3H3,(H,18,19)(H,20,22). The third-order valence-corrected chi connectivity index (χ3v) is 3.53. The summed E-state index contributed by atoms with van der Waals surface area (Å²) in [5, 5.41) is 15.4. The molecule has 0 spiro atoms. The molecular formula is C16H23N5O. The number of carbonyl (C=O) groups is 1. The van der Waals surface area contributed by atoms with Crippen LogP contribution in [0.2, 0.25) is 0 Å². The first-order valence-electron chi connectivity index (χ1n) is 7.58. The number of urea groups is 1. The lowest BCUT2D eigenvalue weighted by Crippen LogP contribution is -2.51. The predicted molar refractivity (Wildman–Crippen MR) is 85.5 cm³/mol. The molecule has 6 nitrogen and oxygen atoms in total. The fourth-order valence-corrected chi connectivity index (χ4v) is 2.43. The fourth-order valence-electron chi connectivity index (χ4n) is 2.43. The van der Waals surface area contributed by atoms with Gasteiger partial charge in [-0.25, -0.2) is 9.78 Å². The number of nitrogens with one attached hydrogen (secondary N) is 2. The van der Waals surface area contributed by atoms with Gasteiger partial charge in [-0.15, -0.1) is 0 Å². The summed E-state index contributed by atoms with van der Waals surface area (Å²) >= 11 is 0. The van der Waals surface area contributed by atoms with Gasteiger partial charge in [0.2, 0.25) is 0 Å². The number of carbonyl (C=O) groups excluding carboxylic acids is 1. The topological polar surface area (TPSA) is 81.1 Å². The van der Waals surface area contributed by atoms with E-state index in [4.69, 9.17) is 5.26 Å². The Kier molecular flexibility index (Phi) is 4.86. The van der Waals surface area contributed by atoms with Crippen LogP contribution in [-0.2, 0) is 0 Å². The predicted octanol–water partition coefficient (Wildman–Crippen LogP) is 2.34. The summed E-state index contributed by atoms with van der Waals surface area (Å²) < 4.78 is 0. The molecule has 1 aliphatic rings. The third-order valence-electron chi connectivity index (χ3n) is 3.53. The molecule has 1 fully saturated rings. The van der Waals surface area contributed by atoms with Crippen molar-refractivity contribution in [2.24, 2.45) is 0 Å². The van der Waals surface area contributed by atoms with Crippen molar-refractivity contribution in [1.29, 1.82) is 5.26 Å². The van der Waals surface area contributed by atoms with Crippen molar-refractivity contribution < 1.29 is 4.79 Å². The average Bonchev–Trinajstić information content (AvgIpc) is 2.47. The van der Waals surface area contributed by atoms with Crippen LogP contribution in [0.4, 0.5) is 10.6 Å². The number of hydrogen-bond donors (Lipinski definition) is 2. The second-order valence-corrected chi connectivity index (χ2v) is 6.60. The highest BCUT2D eigenvalue weighted by atomic mass is 16.2. The summed E-state index contributed by atoms with van der Waals surface area (Å²) in [6, 6.07) is 5.87. The van der Waals surface area contributed by atoms with Gasteiger partial charge in [0.05, 0.1) is 5.56 Å². The number of hydrogen-bond acceptors (Lipinski definition) is 4. The van der Waals surface area contributed by atoms with Crippen molar-refractivity contribution in [2.75, 3.05) is 18.4 Å². The largest absolute Gasteiger partial charge is 0.366 e. The van der Waals surface area contributed by atoms with Crippen molar-refractivity contribution >= 4 is 11.8 Å². The summed E-state index contributed by atoms with van der Waals surface area (Å²) in [5.74, 6) is 0.627. The molecule has 118 valence electrons. The molecule has 0 aliphatic carbocycles. The highest BCUT2D eigenvalue weighted by molar-refractivity contribution is 5.75. The molecule has 1 saturated heterocycles. The van der Waals surface area contributed by atoms with Crippen LogP contribution in [0.3, 0.4) is 0 Å². The Morgan fingerprint density at radius 1 is 1.41 bits per heavy atom. The van der Waals surface area contributed by atoms with E-state index in [9.17, 15) is 4.79 Å². The van der Waals surface area contributed by atoms with E-state index in [1.54, 1.807) is 18.3 Å². The average molecular weight is 301 g/mol. The van der Waals surface area contributed by atoms with Crippen LogP contribution < -0.4 is 10.6 Å². The number of aromatic nitrogens is 1. The van der Waals surface area contributed by atoms with Crippen molar-refractivity contribution in [3.05, 3.63) is 23.9 Å². The van der Waals surface area contributed by atoms with Crippen molar-refractivity contribution in [1.82, 2.24) is 15.2 Å². The minimum absolute atomic E-state index is 0.0125. The van der Waals surface area contributed by atoms with Crippen LogP contribution in [0.15, 0.2) is 18.3 Å². The van der Waals surface area contributed by atoms with E-state index in [1.807, 2.05) is 25.7 Å². The highest BCUT2D eigenvalue weighted by Crippen LogP contribution is 2.18. The van der Waals surface area contributed by atoms with Gasteiger partial charge < -0.3 is 15.5 Å². The van der Waals surface area contributed by atoms with Gasteiger partial charge in [-0.1, -0.05) is 0 Å². The van der Waals surface area contributed by atoms with Crippen LogP contribution in [-0.4, -0.2) is 40.6 Å². The van der Waals surface area contributed by atoms with Crippen molar-refractivity contribution in [3.8, 4) is 6.07 Å². The first kappa shape index (κ1) is 16.1. The van der Waals surface area contributed by atoms with Crippen LogP contribution in [0.1, 0.15) is 39.2 Å². The minimum Gasteiger partial charge on any atom is -0.366 e. The summed E-state index contributed by atoms with van der Waals surface area (Å²) in [6.07, 6.45) is 3.37. The molecule has 0 unspecified atom stereocenters. The van der Waals surface area contributed by atoms with Crippen molar-refractivity contribution in [2.45, 2.75) is 45.2 Å². The normalized spacial score (nSPS) is 16.0. The molecule has 6 heteroatoms. The molecule has 1 aromatic rings. The first-order valence-corrected chi connectivity index (χ1v) is 7.58. The number of nitriles is 1. The number of rotatable bonds is 2.